The molecule has 4 amide bonds. The van der Waals surface area contributed by atoms with E-state index in [0.717, 1.165) is 75.3 Å². The maximum atomic E-state index is 14.2. The summed E-state index contributed by atoms with van der Waals surface area (Å²) in [5.41, 5.74) is 2.12. The molecule has 8 rings (SSSR count). The van der Waals surface area contributed by atoms with Gasteiger partial charge in [-0.2, -0.15) is 8.61 Å². The van der Waals surface area contributed by atoms with Crippen molar-refractivity contribution in [3.05, 3.63) is 71.8 Å². The number of hydrogen-bond acceptors (Lipinski definition) is 10. The maximum Gasteiger partial charge on any atom is 0.245 e. The summed E-state index contributed by atoms with van der Waals surface area (Å²) in [6.07, 6.45) is 15.2. The van der Waals surface area contributed by atoms with Crippen LogP contribution in [0.15, 0.2) is 60.7 Å². The third-order valence-corrected chi connectivity index (χ3v) is 21.2. The number of carbonyl (C=O) groups is 6. The Kier molecular flexibility index (Phi) is 21.0. The largest absolute Gasteiger partial charge is 0.344 e. The Labute approximate surface area is 466 Å². The molecule has 2 N–H and O–H groups in total. The minimum Gasteiger partial charge on any atom is -0.344 e. The highest BCUT2D eigenvalue weighted by atomic mass is 32.2. The van der Waals surface area contributed by atoms with Gasteiger partial charge in [0.15, 0.2) is 0 Å². The fourth-order valence-electron chi connectivity index (χ4n) is 13.7. The van der Waals surface area contributed by atoms with E-state index in [-0.39, 0.29) is 96.6 Å². The second-order valence-corrected chi connectivity index (χ2v) is 27.9. The lowest BCUT2D eigenvalue weighted by Gasteiger charge is -2.36. The van der Waals surface area contributed by atoms with E-state index in [1.807, 2.05) is 102 Å². The molecule has 4 heterocycles. The number of nitrogens with zero attached hydrogens (tertiary/aromatic N) is 4. The molecule has 0 aromatic heterocycles. The standard InChI is InChI=1S/2C30H45N3O5S/c2*1-5-20(2)29(35)31-27(23-14-10-7-11-15-23)30(36)32-17-16-25-28(32)24(19-33(25)39(4,37)38)26(34)18-21(3)22-12-8-6-9-13-22/h2*6,8-9,12-13,20-21,23-25,27-28H,5,7,10-11,14-19H2,1-4H3,(H,31,35)/t20-,21+,24-,25-,27+,28-;20-,21-,24-,25-,27+,28-/m11/s1. The fraction of sp³-hybridized carbons (Fsp3) is 0.700. The zero-order valence-corrected chi connectivity index (χ0v) is 49.3. The molecule has 16 nitrogen and oxygen atoms in total. The highest BCUT2D eigenvalue weighted by molar-refractivity contribution is 7.88. The van der Waals surface area contributed by atoms with E-state index >= 15 is 0 Å². The van der Waals surface area contributed by atoms with Crippen LogP contribution in [0.1, 0.15) is 167 Å². The van der Waals surface area contributed by atoms with Gasteiger partial charge in [-0.25, -0.2) is 16.8 Å². The minimum absolute atomic E-state index is 0.00920. The molecule has 18 heteroatoms. The van der Waals surface area contributed by atoms with Crippen LogP contribution < -0.4 is 10.6 Å². The minimum atomic E-state index is -3.55. The number of Topliss-reactive ketones (excluding diaryl/α,β-unsaturated/α-hetero) is 2. The summed E-state index contributed by atoms with van der Waals surface area (Å²) in [5, 5.41) is 6.17. The number of hydrogen-bond donors (Lipinski definition) is 2. The van der Waals surface area contributed by atoms with Crippen molar-refractivity contribution in [1.82, 2.24) is 29.0 Å². The van der Waals surface area contributed by atoms with Crippen LogP contribution in [0.2, 0.25) is 0 Å². The molecule has 78 heavy (non-hydrogen) atoms. The van der Waals surface area contributed by atoms with E-state index in [4.69, 9.17) is 0 Å². The molecule has 0 radical (unpaired) electrons. The van der Waals surface area contributed by atoms with Crippen molar-refractivity contribution < 1.29 is 45.6 Å². The summed E-state index contributed by atoms with van der Waals surface area (Å²) in [6.45, 7) is 12.7. The van der Waals surface area contributed by atoms with Crippen LogP contribution in [0.4, 0.5) is 0 Å². The molecule has 4 saturated heterocycles. The van der Waals surface area contributed by atoms with Gasteiger partial charge in [0.25, 0.3) is 0 Å². The average Bonchev–Trinajstić information content (AvgIpc) is 4.33. The van der Waals surface area contributed by atoms with E-state index in [1.165, 1.54) is 21.1 Å². The lowest BCUT2D eigenvalue weighted by molar-refractivity contribution is -0.141. The van der Waals surface area contributed by atoms with Crippen molar-refractivity contribution in [2.24, 2.45) is 35.5 Å². The molecular weight excluding hydrogens is 1030 g/mol. The van der Waals surface area contributed by atoms with Gasteiger partial charge in [-0.3, -0.25) is 28.8 Å². The van der Waals surface area contributed by atoms with Crippen LogP contribution in [-0.2, 0) is 48.8 Å². The van der Waals surface area contributed by atoms with E-state index in [0.29, 0.717) is 38.8 Å². The maximum absolute atomic E-state index is 14.2. The first-order valence-corrected chi connectivity index (χ1v) is 33.1. The van der Waals surface area contributed by atoms with Crippen molar-refractivity contribution in [1.29, 1.82) is 0 Å². The quantitative estimate of drug-likeness (QED) is 0.134. The molecule has 0 bridgehead atoms. The second-order valence-electron chi connectivity index (χ2n) is 24.0. The Morgan fingerprint density at radius 3 is 1.15 bits per heavy atom. The Bertz CT molecular complexity index is 2450. The van der Waals surface area contributed by atoms with Gasteiger partial charge in [0.2, 0.25) is 43.7 Å². The molecule has 432 valence electrons. The molecule has 6 fully saturated rings. The number of rotatable bonds is 20. The Balaban J connectivity index is 0.000000226. The van der Waals surface area contributed by atoms with Gasteiger partial charge in [0, 0.05) is 62.9 Å². The van der Waals surface area contributed by atoms with Gasteiger partial charge in [-0.1, -0.05) is 141 Å². The first-order valence-electron chi connectivity index (χ1n) is 29.4. The molecule has 2 aromatic rings. The smallest absolute Gasteiger partial charge is 0.245 e. The number of sulfonamides is 2. The average molecular weight is 1120 g/mol. The van der Waals surface area contributed by atoms with Gasteiger partial charge < -0.3 is 20.4 Å². The molecule has 2 saturated carbocycles. The van der Waals surface area contributed by atoms with Gasteiger partial charge in [0.05, 0.1) is 36.4 Å². The predicted octanol–water partition coefficient (Wildman–Crippen LogP) is 7.44. The van der Waals surface area contributed by atoms with Crippen LogP contribution in [0, 0.1) is 35.5 Å². The third kappa shape index (κ3) is 14.3. The molecular formula is C60H90N6O10S2. The van der Waals surface area contributed by atoms with Crippen molar-refractivity contribution in [2.75, 3.05) is 38.7 Å². The molecule has 2 aliphatic carbocycles. The second kappa shape index (κ2) is 26.8. The first-order chi connectivity index (χ1) is 37.0. The number of likely N-dealkylation sites (tertiary alicyclic amines) is 2. The monoisotopic (exact) mass is 1120 g/mol. The number of benzene rings is 2. The zero-order valence-electron chi connectivity index (χ0n) is 47.7. The van der Waals surface area contributed by atoms with Crippen molar-refractivity contribution >= 4 is 55.2 Å². The van der Waals surface area contributed by atoms with Gasteiger partial charge in [-0.05, 0) is 86.2 Å². The summed E-state index contributed by atoms with van der Waals surface area (Å²) in [4.78, 5) is 85.4. The van der Waals surface area contributed by atoms with Crippen LogP contribution in [0.5, 0.6) is 0 Å². The lowest BCUT2D eigenvalue weighted by atomic mass is 9.82. The molecule has 12 atom stereocenters. The first kappa shape index (κ1) is 61.1. The molecule has 6 aliphatic rings. The molecule has 2 aromatic carbocycles. The summed E-state index contributed by atoms with van der Waals surface area (Å²) >= 11 is 0. The van der Waals surface area contributed by atoms with Gasteiger partial charge in [-0.15, -0.1) is 0 Å². The highest BCUT2D eigenvalue weighted by Crippen LogP contribution is 2.42. The zero-order chi connectivity index (χ0) is 56.6. The van der Waals surface area contributed by atoms with Crippen molar-refractivity contribution in [3.8, 4) is 0 Å². The van der Waals surface area contributed by atoms with E-state index in [9.17, 15) is 45.6 Å². The summed E-state index contributed by atoms with van der Waals surface area (Å²) in [6, 6.07) is 16.5. The number of carbonyl (C=O) groups excluding carboxylic acids is 6. The topological polar surface area (TPSA) is 208 Å². The SMILES string of the molecule is CC[C@@H](C)C(=O)N[C@H](C(=O)N1CC[C@@H]2[C@H]1[C@@H](C(=O)C[C@@H](C)c1ccccc1)CN2S(C)(=O)=O)C1CCCCC1.CC[C@@H](C)C(=O)N[C@H](C(=O)N1CC[C@@H]2[C@H]1[C@@H](C(=O)C[C@H](C)c1ccccc1)CN2S(C)(=O)=O)C1CCCCC1. The summed E-state index contributed by atoms with van der Waals surface area (Å²) in [7, 11) is -7.11. The van der Waals surface area contributed by atoms with Gasteiger partial charge >= 0.3 is 0 Å². The van der Waals surface area contributed by atoms with Crippen LogP contribution in [0.25, 0.3) is 0 Å². The normalized spacial score (nSPS) is 26.6. The highest BCUT2D eigenvalue weighted by Gasteiger charge is 2.58. The Morgan fingerprint density at radius 1 is 0.513 bits per heavy atom. The van der Waals surface area contributed by atoms with E-state index in [2.05, 4.69) is 10.6 Å². The third-order valence-electron chi connectivity index (χ3n) is 18.6. The summed E-state index contributed by atoms with van der Waals surface area (Å²) in [5.74, 6) is -2.06. The Hall–Kier alpha value is -4.52. The molecule has 0 spiro atoms. The lowest BCUT2D eigenvalue weighted by Crippen LogP contribution is -2.56. The van der Waals surface area contributed by atoms with E-state index in [1.54, 1.807) is 9.80 Å². The van der Waals surface area contributed by atoms with Crippen LogP contribution in [0.3, 0.4) is 0 Å². The number of amides is 4. The van der Waals surface area contributed by atoms with Crippen molar-refractivity contribution in [3.63, 3.8) is 0 Å². The predicted molar refractivity (Wildman–Crippen MR) is 303 cm³/mol. The van der Waals surface area contributed by atoms with E-state index < -0.39 is 68.1 Å². The fourth-order valence-corrected chi connectivity index (χ4v) is 16.0. The number of fused-ring (bicyclic) bond motifs is 2. The summed E-state index contributed by atoms with van der Waals surface area (Å²) < 4.78 is 53.9. The van der Waals surface area contributed by atoms with Gasteiger partial charge in [0.1, 0.15) is 23.7 Å². The molecule has 0 unspecified atom stereocenters. The molecule has 4 aliphatic heterocycles. The number of ketones is 2. The van der Waals surface area contributed by atoms with Crippen molar-refractivity contribution in [2.45, 2.75) is 192 Å². The number of nitrogens with one attached hydrogen (secondary N) is 2. The Morgan fingerprint density at radius 2 is 0.846 bits per heavy atom. The van der Waals surface area contributed by atoms with Crippen LogP contribution in [-0.4, -0.2) is 145 Å². The van der Waals surface area contributed by atoms with Crippen LogP contribution >= 0.6 is 0 Å².